The third kappa shape index (κ3) is 3.84. The summed E-state index contributed by atoms with van der Waals surface area (Å²) in [5.74, 6) is 0.390. The molecule has 4 nitrogen and oxygen atoms in total. The van der Waals surface area contributed by atoms with E-state index >= 15 is 0 Å². The maximum Gasteiger partial charge on any atom is 0.145 e. The van der Waals surface area contributed by atoms with Crippen LogP contribution in [0.4, 0.5) is 10.1 Å². The molecule has 5 heteroatoms. The highest BCUT2D eigenvalue weighted by Crippen LogP contribution is 2.30. The fourth-order valence-corrected chi connectivity index (χ4v) is 2.55. The minimum Gasteiger partial charge on any atom is -0.492 e. The molecular formula is C15H24FN3O. The first-order valence-corrected chi connectivity index (χ1v) is 7.34. The van der Waals surface area contributed by atoms with E-state index in [2.05, 4.69) is 9.80 Å². The fraction of sp³-hybridized carbons (Fsp3) is 0.600. The van der Waals surface area contributed by atoms with Gasteiger partial charge in [-0.2, -0.15) is 0 Å². The second-order valence-corrected chi connectivity index (χ2v) is 5.02. The second kappa shape index (κ2) is 7.45. The van der Waals surface area contributed by atoms with Gasteiger partial charge in [-0.1, -0.05) is 0 Å². The van der Waals surface area contributed by atoms with E-state index < -0.39 is 0 Å². The van der Waals surface area contributed by atoms with E-state index in [4.69, 9.17) is 10.5 Å². The highest BCUT2D eigenvalue weighted by Gasteiger charge is 2.19. The quantitative estimate of drug-likeness (QED) is 0.861. The Bertz CT molecular complexity index is 420. The molecule has 1 aliphatic heterocycles. The van der Waals surface area contributed by atoms with E-state index in [1.54, 1.807) is 0 Å². The number of hydrogen-bond acceptors (Lipinski definition) is 4. The van der Waals surface area contributed by atoms with E-state index in [1.807, 2.05) is 13.0 Å². The second-order valence-electron chi connectivity index (χ2n) is 5.02. The van der Waals surface area contributed by atoms with Gasteiger partial charge in [0.15, 0.2) is 0 Å². The maximum absolute atomic E-state index is 13.3. The van der Waals surface area contributed by atoms with Crippen LogP contribution >= 0.6 is 0 Å². The number of nitrogens with zero attached hydrogens (tertiary/aromatic N) is 2. The Hall–Kier alpha value is -1.33. The van der Waals surface area contributed by atoms with Crippen molar-refractivity contribution in [3.63, 3.8) is 0 Å². The molecule has 0 bridgehead atoms. The zero-order valence-electron chi connectivity index (χ0n) is 12.1. The molecule has 2 rings (SSSR count). The molecule has 1 aromatic rings. The van der Waals surface area contributed by atoms with Crippen LogP contribution in [0.3, 0.4) is 0 Å². The number of halogens is 1. The van der Waals surface area contributed by atoms with Gasteiger partial charge in [-0.05, 0) is 38.6 Å². The Labute approximate surface area is 120 Å². The molecule has 2 N–H and O–H groups in total. The summed E-state index contributed by atoms with van der Waals surface area (Å²) in [7, 11) is 0. The van der Waals surface area contributed by atoms with Crippen LogP contribution in [-0.2, 0) is 0 Å². The first-order valence-electron chi connectivity index (χ1n) is 7.34. The molecule has 112 valence electrons. The van der Waals surface area contributed by atoms with Crippen LogP contribution in [0.25, 0.3) is 0 Å². The van der Waals surface area contributed by atoms with Crippen molar-refractivity contribution in [3.05, 3.63) is 24.0 Å². The van der Waals surface area contributed by atoms with Crippen molar-refractivity contribution in [3.8, 4) is 5.75 Å². The van der Waals surface area contributed by atoms with Crippen LogP contribution in [0.15, 0.2) is 18.2 Å². The van der Waals surface area contributed by atoms with E-state index in [0.29, 0.717) is 12.4 Å². The van der Waals surface area contributed by atoms with Crippen molar-refractivity contribution in [2.75, 3.05) is 50.8 Å². The SMILES string of the molecule is CCOc1cc(F)ccc1N1CCN(CCCN)CC1. The molecule has 0 saturated carbocycles. The minimum atomic E-state index is -0.251. The predicted octanol–water partition coefficient (Wildman–Crippen LogP) is 1.70. The minimum absolute atomic E-state index is 0.251. The smallest absolute Gasteiger partial charge is 0.145 e. The van der Waals surface area contributed by atoms with Gasteiger partial charge in [0.25, 0.3) is 0 Å². The molecular weight excluding hydrogens is 257 g/mol. The number of ether oxygens (including phenoxy) is 1. The lowest BCUT2D eigenvalue weighted by Crippen LogP contribution is -2.47. The zero-order chi connectivity index (χ0) is 14.4. The van der Waals surface area contributed by atoms with Gasteiger partial charge in [0.1, 0.15) is 11.6 Å². The van der Waals surface area contributed by atoms with Crippen LogP contribution in [0.2, 0.25) is 0 Å². The van der Waals surface area contributed by atoms with Gasteiger partial charge < -0.3 is 15.4 Å². The molecule has 1 heterocycles. The number of rotatable bonds is 6. The Balaban J connectivity index is 1.99. The van der Waals surface area contributed by atoms with Crippen molar-refractivity contribution >= 4 is 5.69 Å². The summed E-state index contributed by atoms with van der Waals surface area (Å²) < 4.78 is 18.9. The molecule has 0 aliphatic carbocycles. The van der Waals surface area contributed by atoms with E-state index in [9.17, 15) is 4.39 Å². The lowest BCUT2D eigenvalue weighted by Gasteiger charge is -2.36. The summed E-state index contributed by atoms with van der Waals surface area (Å²) in [6.45, 7) is 8.18. The molecule has 0 radical (unpaired) electrons. The zero-order valence-corrected chi connectivity index (χ0v) is 12.1. The standard InChI is InChI=1S/C15H24FN3O/c1-2-20-15-12-13(16)4-5-14(15)19-10-8-18(9-11-19)7-3-6-17/h4-5,12H,2-3,6-11,17H2,1H3. The topological polar surface area (TPSA) is 41.7 Å². The van der Waals surface area contributed by atoms with E-state index in [0.717, 1.165) is 51.4 Å². The van der Waals surface area contributed by atoms with Gasteiger partial charge in [0, 0.05) is 32.2 Å². The van der Waals surface area contributed by atoms with Gasteiger partial charge in [0.2, 0.25) is 0 Å². The van der Waals surface area contributed by atoms with Crippen LogP contribution in [-0.4, -0.2) is 50.8 Å². The van der Waals surface area contributed by atoms with Crippen LogP contribution in [0.1, 0.15) is 13.3 Å². The number of benzene rings is 1. The Morgan fingerprint density at radius 3 is 2.65 bits per heavy atom. The Kier molecular flexibility index (Phi) is 5.61. The summed E-state index contributed by atoms with van der Waals surface area (Å²) in [5.41, 5.74) is 6.53. The van der Waals surface area contributed by atoms with Crippen molar-refractivity contribution < 1.29 is 9.13 Å². The molecule has 0 amide bonds. The average molecular weight is 281 g/mol. The van der Waals surface area contributed by atoms with Gasteiger partial charge in [-0.25, -0.2) is 4.39 Å². The maximum atomic E-state index is 13.3. The summed E-state index contributed by atoms with van der Waals surface area (Å²) in [6, 6.07) is 4.79. The summed E-state index contributed by atoms with van der Waals surface area (Å²) in [4.78, 5) is 4.69. The van der Waals surface area contributed by atoms with Gasteiger partial charge in [0.05, 0.1) is 12.3 Å². The highest BCUT2D eigenvalue weighted by atomic mass is 19.1. The lowest BCUT2D eigenvalue weighted by atomic mass is 10.2. The van der Waals surface area contributed by atoms with Gasteiger partial charge in [-0.3, -0.25) is 4.90 Å². The molecule has 20 heavy (non-hydrogen) atoms. The highest BCUT2D eigenvalue weighted by molar-refractivity contribution is 5.59. The third-order valence-corrected chi connectivity index (χ3v) is 3.61. The van der Waals surface area contributed by atoms with Crippen molar-refractivity contribution in [2.45, 2.75) is 13.3 Å². The van der Waals surface area contributed by atoms with E-state index in [1.165, 1.54) is 12.1 Å². The summed E-state index contributed by atoms with van der Waals surface area (Å²) in [5, 5.41) is 0. The van der Waals surface area contributed by atoms with Crippen molar-refractivity contribution in [2.24, 2.45) is 5.73 Å². The first kappa shape index (κ1) is 15.1. The largest absolute Gasteiger partial charge is 0.492 e. The molecule has 0 spiro atoms. The van der Waals surface area contributed by atoms with Crippen LogP contribution in [0.5, 0.6) is 5.75 Å². The van der Waals surface area contributed by atoms with Gasteiger partial charge >= 0.3 is 0 Å². The number of nitrogens with two attached hydrogens (primary N) is 1. The first-order chi connectivity index (χ1) is 9.74. The molecule has 1 aliphatic rings. The summed E-state index contributed by atoms with van der Waals surface area (Å²) in [6.07, 6.45) is 1.04. The van der Waals surface area contributed by atoms with E-state index in [-0.39, 0.29) is 5.82 Å². The van der Waals surface area contributed by atoms with Gasteiger partial charge in [-0.15, -0.1) is 0 Å². The molecule has 1 aromatic carbocycles. The van der Waals surface area contributed by atoms with Crippen LogP contribution < -0.4 is 15.4 Å². The Morgan fingerprint density at radius 1 is 1.25 bits per heavy atom. The molecule has 0 unspecified atom stereocenters. The normalized spacial score (nSPS) is 16.4. The van der Waals surface area contributed by atoms with Crippen molar-refractivity contribution in [1.82, 2.24) is 4.90 Å². The monoisotopic (exact) mass is 281 g/mol. The summed E-state index contributed by atoms with van der Waals surface area (Å²) >= 11 is 0. The number of hydrogen-bond donors (Lipinski definition) is 1. The number of piperazine rings is 1. The molecule has 1 fully saturated rings. The number of anilines is 1. The van der Waals surface area contributed by atoms with Crippen molar-refractivity contribution in [1.29, 1.82) is 0 Å². The predicted molar refractivity (Wildman–Crippen MR) is 79.9 cm³/mol. The third-order valence-electron chi connectivity index (χ3n) is 3.61. The average Bonchev–Trinajstić information content (AvgIpc) is 2.46. The van der Waals surface area contributed by atoms with Crippen LogP contribution in [0, 0.1) is 5.82 Å². The fourth-order valence-electron chi connectivity index (χ4n) is 2.55. The lowest BCUT2D eigenvalue weighted by molar-refractivity contribution is 0.255. The molecule has 1 saturated heterocycles. The molecule has 0 atom stereocenters. The molecule has 0 aromatic heterocycles. The Morgan fingerprint density at radius 2 is 2.00 bits per heavy atom.